The monoisotopic (exact) mass is 357 g/mol. The summed E-state index contributed by atoms with van der Waals surface area (Å²) in [5, 5.41) is 2.58. The van der Waals surface area contributed by atoms with E-state index in [0.717, 1.165) is 17.7 Å². The van der Waals surface area contributed by atoms with E-state index in [2.05, 4.69) is 5.32 Å². The second-order valence-electron chi connectivity index (χ2n) is 6.07. The van der Waals surface area contributed by atoms with Crippen molar-refractivity contribution in [1.29, 1.82) is 0 Å². The highest BCUT2D eigenvalue weighted by Gasteiger charge is 2.34. The molecule has 0 bridgehead atoms. The molecule has 1 atom stereocenters. The topological polar surface area (TPSA) is 55.4 Å². The number of rotatable bonds is 4. The molecule has 0 radical (unpaired) electrons. The van der Waals surface area contributed by atoms with Gasteiger partial charge in [0.05, 0.1) is 5.57 Å². The summed E-state index contributed by atoms with van der Waals surface area (Å²) in [7, 11) is 0. The van der Waals surface area contributed by atoms with E-state index in [9.17, 15) is 18.4 Å². The van der Waals surface area contributed by atoms with E-state index in [4.69, 9.17) is 4.74 Å². The summed E-state index contributed by atoms with van der Waals surface area (Å²) < 4.78 is 32.8. The lowest BCUT2D eigenvalue weighted by Gasteiger charge is -2.26. The van der Waals surface area contributed by atoms with E-state index in [1.165, 1.54) is 6.07 Å². The molecule has 1 aliphatic heterocycles. The van der Waals surface area contributed by atoms with Crippen LogP contribution in [0.2, 0.25) is 0 Å². The van der Waals surface area contributed by atoms with Crippen molar-refractivity contribution in [3.05, 3.63) is 82.6 Å². The largest absolute Gasteiger partial charge is 0.457 e. The highest BCUT2D eigenvalue weighted by Crippen LogP contribution is 2.35. The molecule has 0 fully saturated rings. The first-order valence-corrected chi connectivity index (χ1v) is 8.12. The Morgan fingerprint density at radius 2 is 1.92 bits per heavy atom. The third-order valence-corrected chi connectivity index (χ3v) is 4.24. The maximum absolute atomic E-state index is 14.2. The van der Waals surface area contributed by atoms with Crippen molar-refractivity contribution < 1.29 is 23.1 Å². The van der Waals surface area contributed by atoms with Crippen molar-refractivity contribution in [2.45, 2.75) is 25.9 Å². The summed E-state index contributed by atoms with van der Waals surface area (Å²) >= 11 is 0. The molecule has 2 aromatic carbocycles. The zero-order valence-electron chi connectivity index (χ0n) is 14.1. The van der Waals surface area contributed by atoms with Gasteiger partial charge in [-0.15, -0.1) is 0 Å². The minimum atomic E-state index is -0.826. The SMILES string of the molecule is CC1=C(C(=O)OCc2ccccc2)C(c2ccc(F)cc2F)CC(=O)N1. The Balaban J connectivity index is 1.89. The summed E-state index contributed by atoms with van der Waals surface area (Å²) in [6.45, 7) is 1.62. The fourth-order valence-corrected chi connectivity index (χ4v) is 3.02. The number of hydrogen-bond donors (Lipinski definition) is 1. The highest BCUT2D eigenvalue weighted by atomic mass is 19.1. The Morgan fingerprint density at radius 3 is 2.62 bits per heavy atom. The van der Waals surface area contributed by atoms with Crippen LogP contribution in [0.4, 0.5) is 8.78 Å². The molecule has 1 unspecified atom stereocenters. The number of allylic oxidation sites excluding steroid dienone is 1. The normalized spacial score (nSPS) is 17.0. The summed E-state index contributed by atoms with van der Waals surface area (Å²) in [4.78, 5) is 24.5. The molecule has 2 aromatic rings. The van der Waals surface area contributed by atoms with E-state index in [-0.39, 0.29) is 30.1 Å². The molecule has 1 aliphatic rings. The second kappa shape index (κ2) is 7.47. The number of halogens is 2. The average Bonchev–Trinajstić information content (AvgIpc) is 2.60. The Hall–Kier alpha value is -3.02. The number of ether oxygens (including phenoxy) is 1. The summed E-state index contributed by atoms with van der Waals surface area (Å²) in [6, 6.07) is 12.2. The first-order valence-electron chi connectivity index (χ1n) is 8.12. The molecule has 3 rings (SSSR count). The minimum absolute atomic E-state index is 0.0586. The number of hydrogen-bond acceptors (Lipinski definition) is 3. The van der Waals surface area contributed by atoms with Gasteiger partial charge in [0.2, 0.25) is 5.91 Å². The standard InChI is InChI=1S/C20H17F2NO3/c1-12-19(20(25)26-11-13-5-3-2-4-6-13)16(10-18(24)23-12)15-8-7-14(21)9-17(15)22/h2-9,16H,10-11H2,1H3,(H,23,24). The van der Waals surface area contributed by atoms with Crippen molar-refractivity contribution in [1.82, 2.24) is 5.32 Å². The van der Waals surface area contributed by atoms with Crippen LogP contribution in [0.25, 0.3) is 0 Å². The molecule has 0 aromatic heterocycles. The fraction of sp³-hybridized carbons (Fsp3) is 0.200. The van der Waals surface area contributed by atoms with Crippen LogP contribution in [-0.2, 0) is 20.9 Å². The van der Waals surface area contributed by atoms with Crippen LogP contribution in [0.5, 0.6) is 0 Å². The maximum atomic E-state index is 14.2. The van der Waals surface area contributed by atoms with Gasteiger partial charge < -0.3 is 10.1 Å². The van der Waals surface area contributed by atoms with E-state index in [0.29, 0.717) is 5.70 Å². The van der Waals surface area contributed by atoms with Gasteiger partial charge in [0.1, 0.15) is 18.2 Å². The molecular formula is C20H17F2NO3. The van der Waals surface area contributed by atoms with Gasteiger partial charge in [-0.05, 0) is 24.1 Å². The maximum Gasteiger partial charge on any atom is 0.336 e. The first-order chi connectivity index (χ1) is 12.5. The van der Waals surface area contributed by atoms with Gasteiger partial charge >= 0.3 is 5.97 Å². The third-order valence-electron chi connectivity index (χ3n) is 4.24. The van der Waals surface area contributed by atoms with Gasteiger partial charge in [-0.3, -0.25) is 4.79 Å². The number of amides is 1. The third kappa shape index (κ3) is 3.79. The molecule has 1 amide bonds. The zero-order chi connectivity index (χ0) is 18.7. The van der Waals surface area contributed by atoms with Crippen molar-refractivity contribution in [2.75, 3.05) is 0 Å². The molecule has 0 saturated heterocycles. The number of benzene rings is 2. The second-order valence-corrected chi connectivity index (χ2v) is 6.07. The van der Waals surface area contributed by atoms with Gasteiger partial charge in [-0.2, -0.15) is 0 Å². The van der Waals surface area contributed by atoms with Crippen LogP contribution in [0.15, 0.2) is 59.8 Å². The Morgan fingerprint density at radius 1 is 1.19 bits per heavy atom. The van der Waals surface area contributed by atoms with Crippen LogP contribution in [0, 0.1) is 11.6 Å². The van der Waals surface area contributed by atoms with E-state index < -0.39 is 23.5 Å². The lowest BCUT2D eigenvalue weighted by Crippen LogP contribution is -2.34. The van der Waals surface area contributed by atoms with Crippen molar-refractivity contribution in [3.63, 3.8) is 0 Å². The van der Waals surface area contributed by atoms with Crippen LogP contribution in [-0.4, -0.2) is 11.9 Å². The average molecular weight is 357 g/mol. The van der Waals surface area contributed by atoms with Gasteiger partial charge in [0.15, 0.2) is 0 Å². The molecule has 26 heavy (non-hydrogen) atoms. The molecule has 0 saturated carbocycles. The number of carbonyl (C=O) groups is 2. The van der Waals surface area contributed by atoms with E-state index >= 15 is 0 Å². The molecule has 6 heteroatoms. The lowest BCUT2D eigenvalue weighted by molar-refractivity contribution is -0.141. The summed E-state index contributed by atoms with van der Waals surface area (Å²) in [5.74, 6) is -3.32. The van der Waals surface area contributed by atoms with Crippen molar-refractivity contribution in [2.24, 2.45) is 0 Å². The molecule has 134 valence electrons. The number of esters is 1. The predicted octanol–water partition coefficient (Wildman–Crippen LogP) is 3.59. The van der Waals surface area contributed by atoms with Gasteiger partial charge in [-0.25, -0.2) is 13.6 Å². The van der Waals surface area contributed by atoms with Crippen molar-refractivity contribution >= 4 is 11.9 Å². The smallest absolute Gasteiger partial charge is 0.336 e. The molecule has 1 heterocycles. The van der Waals surface area contributed by atoms with Crippen molar-refractivity contribution in [3.8, 4) is 0 Å². The number of carbonyl (C=O) groups excluding carboxylic acids is 2. The van der Waals surface area contributed by atoms with E-state index in [1.54, 1.807) is 6.92 Å². The molecule has 0 aliphatic carbocycles. The molecular weight excluding hydrogens is 340 g/mol. The Labute approximate surface area is 149 Å². The summed E-state index contributed by atoms with van der Waals surface area (Å²) in [5.41, 5.74) is 1.38. The van der Waals surface area contributed by atoms with Gasteiger partial charge in [0.25, 0.3) is 0 Å². The van der Waals surface area contributed by atoms with Crippen LogP contribution >= 0.6 is 0 Å². The fourth-order valence-electron chi connectivity index (χ4n) is 3.02. The van der Waals surface area contributed by atoms with Gasteiger partial charge in [0, 0.05) is 24.1 Å². The molecule has 0 spiro atoms. The summed E-state index contributed by atoms with van der Waals surface area (Å²) in [6.07, 6.45) is -0.115. The highest BCUT2D eigenvalue weighted by molar-refractivity contribution is 5.95. The Kier molecular flexibility index (Phi) is 5.11. The van der Waals surface area contributed by atoms with E-state index in [1.807, 2.05) is 30.3 Å². The zero-order valence-corrected chi connectivity index (χ0v) is 14.1. The van der Waals surface area contributed by atoms with Crippen LogP contribution in [0.1, 0.15) is 30.4 Å². The van der Waals surface area contributed by atoms with Crippen LogP contribution in [0.3, 0.4) is 0 Å². The quantitative estimate of drug-likeness (QED) is 0.851. The van der Waals surface area contributed by atoms with Gasteiger partial charge in [-0.1, -0.05) is 36.4 Å². The molecule has 1 N–H and O–H groups in total. The Bertz CT molecular complexity index is 878. The predicted molar refractivity (Wildman–Crippen MR) is 90.8 cm³/mol. The number of nitrogens with one attached hydrogen (secondary N) is 1. The molecule has 4 nitrogen and oxygen atoms in total. The lowest BCUT2D eigenvalue weighted by atomic mass is 9.84. The minimum Gasteiger partial charge on any atom is -0.457 e. The van der Waals surface area contributed by atoms with Crippen LogP contribution < -0.4 is 5.32 Å². The first kappa shape index (κ1) is 17.8.